The van der Waals surface area contributed by atoms with Gasteiger partial charge in [-0.05, 0) is 61.2 Å². The fourth-order valence-corrected chi connectivity index (χ4v) is 5.39. The molecule has 1 fully saturated rings. The van der Waals surface area contributed by atoms with E-state index in [1.165, 1.54) is 4.90 Å². The van der Waals surface area contributed by atoms with Crippen LogP contribution in [0.2, 0.25) is 5.02 Å². The fourth-order valence-electron chi connectivity index (χ4n) is 4.20. The molecule has 4 rings (SSSR count). The van der Waals surface area contributed by atoms with Gasteiger partial charge in [-0.1, -0.05) is 62.3 Å². The summed E-state index contributed by atoms with van der Waals surface area (Å²) in [5, 5.41) is 11.9. The van der Waals surface area contributed by atoms with Crippen LogP contribution in [-0.2, 0) is 14.3 Å². The summed E-state index contributed by atoms with van der Waals surface area (Å²) in [6.45, 7) is 8.37. The summed E-state index contributed by atoms with van der Waals surface area (Å²) in [6.07, 6.45) is 1.92. The Labute approximate surface area is 242 Å². The number of anilines is 1. The molecule has 1 aromatic heterocycles. The van der Waals surface area contributed by atoms with Gasteiger partial charge in [-0.2, -0.15) is 0 Å². The van der Waals surface area contributed by atoms with Gasteiger partial charge in [-0.3, -0.25) is 14.5 Å². The number of unbranched alkanes of at least 4 members (excludes halogenated alkanes) is 1. The predicted octanol–water partition coefficient (Wildman–Crippen LogP) is 6.72. The zero-order valence-electron chi connectivity index (χ0n) is 22.8. The lowest BCUT2D eigenvalue weighted by atomic mass is 9.95. The summed E-state index contributed by atoms with van der Waals surface area (Å²) in [7, 11) is 0. The molecule has 1 atom stereocenters. The third-order valence-corrected chi connectivity index (χ3v) is 7.60. The Morgan fingerprint density at radius 3 is 2.55 bits per heavy atom. The maximum Gasteiger partial charge on any atom is 0.350 e. The molecular weight excluding hydrogens is 552 g/mol. The number of esters is 1. The number of carbonyl (C=O) groups excluding carboxylic acids is 3. The van der Waals surface area contributed by atoms with E-state index < -0.39 is 23.7 Å². The number of aryl methyl sites for hydroxylation is 1. The van der Waals surface area contributed by atoms with Crippen molar-refractivity contribution in [1.29, 1.82) is 0 Å². The number of nitrogens with zero attached hydrogens (tertiary/aromatic N) is 2. The molecule has 3 aromatic rings. The number of thiazole rings is 1. The minimum Gasteiger partial charge on any atom is -0.507 e. The first-order valence-electron chi connectivity index (χ1n) is 13.1. The number of benzene rings is 2. The Balaban J connectivity index is 1.78. The molecule has 0 saturated carbocycles. The Bertz CT molecular complexity index is 1450. The van der Waals surface area contributed by atoms with E-state index in [1.54, 1.807) is 55.5 Å². The molecule has 40 heavy (non-hydrogen) atoms. The van der Waals surface area contributed by atoms with Crippen molar-refractivity contribution < 1.29 is 29.0 Å². The molecule has 210 valence electrons. The largest absolute Gasteiger partial charge is 0.507 e. The topological polar surface area (TPSA) is 106 Å². The number of aromatic nitrogens is 1. The highest BCUT2D eigenvalue weighted by atomic mass is 35.5. The summed E-state index contributed by atoms with van der Waals surface area (Å²) in [4.78, 5) is 45.5. The first-order chi connectivity index (χ1) is 19.1. The Kier molecular flexibility index (Phi) is 9.27. The normalized spacial score (nSPS) is 16.6. The highest BCUT2D eigenvalue weighted by molar-refractivity contribution is 7.17. The summed E-state index contributed by atoms with van der Waals surface area (Å²) in [5.41, 5.74) is 1.12. The number of hydrogen-bond donors (Lipinski definition) is 1. The molecule has 0 radical (unpaired) electrons. The summed E-state index contributed by atoms with van der Waals surface area (Å²) < 4.78 is 11.1. The minimum atomic E-state index is -1.02. The van der Waals surface area contributed by atoms with Crippen LogP contribution in [-0.4, -0.2) is 41.0 Å². The molecule has 0 spiro atoms. The number of ketones is 1. The van der Waals surface area contributed by atoms with E-state index in [-0.39, 0.29) is 33.9 Å². The molecule has 1 saturated heterocycles. The Morgan fingerprint density at radius 2 is 1.90 bits per heavy atom. The predicted molar refractivity (Wildman–Crippen MR) is 155 cm³/mol. The number of Topliss-reactive ketones (excluding diaryl/α,β-unsaturated/α-hetero) is 1. The molecule has 2 aromatic carbocycles. The van der Waals surface area contributed by atoms with Crippen molar-refractivity contribution in [3.05, 3.63) is 80.8 Å². The number of halogens is 1. The van der Waals surface area contributed by atoms with Crippen molar-refractivity contribution in [2.24, 2.45) is 5.92 Å². The van der Waals surface area contributed by atoms with Crippen molar-refractivity contribution in [2.75, 3.05) is 18.1 Å². The highest BCUT2D eigenvalue weighted by Crippen LogP contribution is 2.44. The molecule has 1 N–H and O–H groups in total. The monoisotopic (exact) mass is 582 g/mol. The van der Waals surface area contributed by atoms with Gasteiger partial charge in [0.25, 0.3) is 5.78 Å². The summed E-state index contributed by atoms with van der Waals surface area (Å²) in [5.74, 6) is -1.85. The molecular formula is C30H31ClN2O6S. The maximum absolute atomic E-state index is 13.5. The molecule has 1 amide bonds. The lowest BCUT2D eigenvalue weighted by molar-refractivity contribution is -0.132. The van der Waals surface area contributed by atoms with E-state index >= 15 is 0 Å². The van der Waals surface area contributed by atoms with E-state index in [1.807, 2.05) is 13.8 Å². The van der Waals surface area contributed by atoms with E-state index in [0.717, 1.165) is 24.2 Å². The van der Waals surface area contributed by atoms with Gasteiger partial charge < -0.3 is 14.6 Å². The van der Waals surface area contributed by atoms with Gasteiger partial charge >= 0.3 is 11.9 Å². The van der Waals surface area contributed by atoms with Crippen LogP contribution in [0.1, 0.15) is 66.1 Å². The number of carbonyl (C=O) groups is 3. The van der Waals surface area contributed by atoms with Gasteiger partial charge in [-0.25, -0.2) is 9.78 Å². The number of hydrogen-bond acceptors (Lipinski definition) is 8. The molecule has 2 heterocycles. The molecule has 1 aliphatic rings. The summed E-state index contributed by atoms with van der Waals surface area (Å²) >= 11 is 7.24. The lowest BCUT2D eigenvalue weighted by Gasteiger charge is -2.23. The van der Waals surface area contributed by atoms with Gasteiger partial charge in [0.2, 0.25) is 0 Å². The van der Waals surface area contributed by atoms with E-state index in [9.17, 15) is 19.5 Å². The molecule has 0 unspecified atom stereocenters. The second kappa shape index (κ2) is 12.7. The smallest absolute Gasteiger partial charge is 0.350 e. The van der Waals surface area contributed by atoms with Gasteiger partial charge in [0.1, 0.15) is 16.4 Å². The van der Waals surface area contributed by atoms with Crippen LogP contribution < -0.4 is 9.64 Å². The number of aliphatic hydroxyl groups excluding tert-OH is 1. The third kappa shape index (κ3) is 6.21. The van der Waals surface area contributed by atoms with E-state index in [2.05, 4.69) is 11.9 Å². The average Bonchev–Trinajstić information content (AvgIpc) is 3.44. The van der Waals surface area contributed by atoms with Crippen molar-refractivity contribution in [3.8, 4) is 5.75 Å². The van der Waals surface area contributed by atoms with Crippen LogP contribution >= 0.6 is 22.9 Å². The first-order valence-corrected chi connectivity index (χ1v) is 14.3. The van der Waals surface area contributed by atoms with Crippen LogP contribution in [0, 0.1) is 12.8 Å². The van der Waals surface area contributed by atoms with Crippen LogP contribution in [0.5, 0.6) is 5.75 Å². The number of aliphatic hydroxyl groups is 1. The van der Waals surface area contributed by atoms with Gasteiger partial charge in [0.15, 0.2) is 5.13 Å². The third-order valence-electron chi connectivity index (χ3n) is 6.23. The van der Waals surface area contributed by atoms with Crippen molar-refractivity contribution in [2.45, 2.75) is 46.6 Å². The zero-order chi connectivity index (χ0) is 29.0. The van der Waals surface area contributed by atoms with Gasteiger partial charge in [0.05, 0.1) is 30.5 Å². The number of rotatable bonds is 10. The number of ether oxygens (including phenoxy) is 2. The molecule has 10 heteroatoms. The second-order valence-electron chi connectivity index (χ2n) is 9.85. The van der Waals surface area contributed by atoms with E-state index in [0.29, 0.717) is 34.2 Å². The van der Waals surface area contributed by atoms with Crippen LogP contribution in [0.4, 0.5) is 5.13 Å². The highest BCUT2D eigenvalue weighted by Gasteiger charge is 2.48. The van der Waals surface area contributed by atoms with Crippen molar-refractivity contribution in [3.63, 3.8) is 0 Å². The Hall–Kier alpha value is -3.69. The standard InChI is InChI=1S/C30H31ClN2O6S/c1-5-6-14-38-22-12-10-19(11-13-22)25(34)23-24(20-8-7-9-21(31)15-20)33(28(36)26(23)35)30-32-18(4)27(40-30)29(37)39-16-17(2)3/h7-13,15,17,24,34H,5-6,14,16H2,1-4H3/t24-/m0/s1. The quantitative estimate of drug-likeness (QED) is 0.0929. The average molecular weight is 583 g/mol. The minimum absolute atomic E-state index is 0.108. The fraction of sp³-hybridized carbons (Fsp3) is 0.333. The van der Waals surface area contributed by atoms with Crippen LogP contribution in [0.15, 0.2) is 54.1 Å². The molecule has 0 bridgehead atoms. The van der Waals surface area contributed by atoms with Crippen molar-refractivity contribution >= 4 is 51.5 Å². The zero-order valence-corrected chi connectivity index (χ0v) is 24.3. The number of amides is 1. The molecule has 8 nitrogen and oxygen atoms in total. The lowest BCUT2D eigenvalue weighted by Crippen LogP contribution is -2.29. The van der Waals surface area contributed by atoms with Crippen molar-refractivity contribution in [1.82, 2.24) is 4.98 Å². The van der Waals surface area contributed by atoms with Gasteiger partial charge in [0, 0.05) is 10.6 Å². The van der Waals surface area contributed by atoms with Gasteiger partial charge in [-0.15, -0.1) is 0 Å². The first kappa shape index (κ1) is 29.3. The molecule has 1 aliphatic heterocycles. The second-order valence-corrected chi connectivity index (χ2v) is 11.3. The van der Waals surface area contributed by atoms with E-state index in [4.69, 9.17) is 21.1 Å². The molecule has 0 aliphatic carbocycles. The summed E-state index contributed by atoms with van der Waals surface area (Å²) in [6, 6.07) is 12.4. The maximum atomic E-state index is 13.5. The van der Waals surface area contributed by atoms with Crippen LogP contribution in [0.25, 0.3) is 5.76 Å². The Morgan fingerprint density at radius 1 is 1.18 bits per heavy atom. The SMILES string of the molecule is CCCCOc1ccc(C(O)=C2C(=O)C(=O)N(c3nc(C)c(C(=O)OCC(C)C)s3)[C@H]2c2cccc(Cl)c2)cc1. The van der Waals surface area contributed by atoms with Crippen LogP contribution in [0.3, 0.4) is 0 Å².